The summed E-state index contributed by atoms with van der Waals surface area (Å²) in [4.78, 5) is 54.7. The summed E-state index contributed by atoms with van der Waals surface area (Å²) >= 11 is 5.66. The summed E-state index contributed by atoms with van der Waals surface area (Å²) in [6.45, 7) is 0.382. The van der Waals surface area contributed by atoms with Gasteiger partial charge in [-0.3, -0.25) is 19.2 Å². The van der Waals surface area contributed by atoms with Gasteiger partial charge in [0.1, 0.15) is 6.04 Å². The van der Waals surface area contributed by atoms with E-state index in [1.54, 1.807) is 4.90 Å². The van der Waals surface area contributed by atoms with E-state index in [1.807, 2.05) is 30.3 Å². The summed E-state index contributed by atoms with van der Waals surface area (Å²) in [5.74, 6) is -1.96. The van der Waals surface area contributed by atoms with E-state index in [9.17, 15) is 32.3 Å². The van der Waals surface area contributed by atoms with E-state index in [1.165, 1.54) is 18.0 Å². The second-order valence-corrected chi connectivity index (χ2v) is 10.5. The van der Waals surface area contributed by atoms with Crippen LogP contribution in [-0.2, 0) is 27.0 Å². The third kappa shape index (κ3) is 6.75. The van der Waals surface area contributed by atoms with Crippen LogP contribution in [0, 0.1) is 5.92 Å². The van der Waals surface area contributed by atoms with Crippen molar-refractivity contribution in [2.45, 2.75) is 43.9 Å². The first-order valence-electron chi connectivity index (χ1n) is 13.0. The summed E-state index contributed by atoms with van der Waals surface area (Å²) in [6.07, 6.45) is -3.18. The Morgan fingerprint density at radius 3 is 2.45 bits per heavy atom. The summed E-state index contributed by atoms with van der Waals surface area (Å²) < 4.78 is 39.6. The molecular formula is C28H30ClF3N4O4. The molecule has 2 aromatic rings. The summed E-state index contributed by atoms with van der Waals surface area (Å²) in [5.41, 5.74) is -0.392. The van der Waals surface area contributed by atoms with E-state index < -0.39 is 40.7 Å². The molecule has 2 N–H and O–H groups in total. The average Bonchev–Trinajstić information content (AvgIpc) is 3.39. The number of hydrogen-bond donors (Lipinski definition) is 2. The Labute approximate surface area is 234 Å². The third-order valence-corrected chi connectivity index (χ3v) is 7.73. The van der Waals surface area contributed by atoms with E-state index in [2.05, 4.69) is 10.6 Å². The van der Waals surface area contributed by atoms with Crippen LogP contribution in [0.3, 0.4) is 0 Å². The van der Waals surface area contributed by atoms with Crippen molar-refractivity contribution in [2.75, 3.05) is 26.7 Å². The number of rotatable bonds is 7. The van der Waals surface area contributed by atoms with Crippen molar-refractivity contribution in [1.29, 1.82) is 0 Å². The standard InChI is InChI=1S/C28H30ClF3N4O4/c1-33-24(37)16-35-11-12-36(23(27(35)40)13-17-5-3-2-4-6-17)26(39)19-7-9-20(14-19)34-25(38)18-8-10-22(29)21(15-18)28(30,31)32/h2-6,8,10,15,19-20,23H,7,9,11-14,16H2,1H3,(H,33,37)(H,34,38)/t19-,20+,23-/m0/s1. The quantitative estimate of drug-likeness (QED) is 0.527. The van der Waals surface area contributed by atoms with Crippen LogP contribution in [0.15, 0.2) is 48.5 Å². The number of likely N-dealkylation sites (N-methyl/N-ethyl adjacent to an activating group) is 1. The number of hydrogen-bond acceptors (Lipinski definition) is 4. The molecule has 1 saturated heterocycles. The van der Waals surface area contributed by atoms with Crippen LogP contribution in [0.5, 0.6) is 0 Å². The molecule has 214 valence electrons. The Morgan fingerprint density at radius 1 is 1.05 bits per heavy atom. The SMILES string of the molecule is CNC(=O)CN1CCN(C(=O)[C@H]2CC[C@@H](NC(=O)c3ccc(Cl)c(C(F)(F)F)c3)C2)[C@@H](Cc2ccccc2)C1=O. The predicted molar refractivity (Wildman–Crippen MR) is 141 cm³/mol. The van der Waals surface area contributed by atoms with Crippen LogP contribution in [0.2, 0.25) is 5.02 Å². The molecule has 1 aliphatic carbocycles. The van der Waals surface area contributed by atoms with Gasteiger partial charge in [0, 0.05) is 44.1 Å². The third-order valence-electron chi connectivity index (χ3n) is 7.40. The predicted octanol–water partition coefficient (Wildman–Crippen LogP) is 3.29. The number of nitrogens with one attached hydrogen (secondary N) is 2. The molecule has 40 heavy (non-hydrogen) atoms. The summed E-state index contributed by atoms with van der Waals surface area (Å²) in [6, 6.07) is 11.1. The second kappa shape index (κ2) is 12.3. The molecule has 1 aliphatic heterocycles. The lowest BCUT2D eigenvalue weighted by Crippen LogP contribution is -2.61. The van der Waals surface area contributed by atoms with Crippen molar-refractivity contribution >= 4 is 35.2 Å². The van der Waals surface area contributed by atoms with E-state index in [0.29, 0.717) is 31.7 Å². The molecule has 0 aromatic heterocycles. The number of benzene rings is 2. The maximum absolute atomic E-state index is 13.6. The summed E-state index contributed by atoms with van der Waals surface area (Å²) in [5, 5.41) is 4.75. The van der Waals surface area contributed by atoms with E-state index >= 15 is 0 Å². The number of halogens is 4. The van der Waals surface area contributed by atoms with Crippen LogP contribution < -0.4 is 10.6 Å². The summed E-state index contributed by atoms with van der Waals surface area (Å²) in [7, 11) is 1.49. The van der Waals surface area contributed by atoms with Gasteiger partial charge in [0.25, 0.3) is 5.91 Å². The largest absolute Gasteiger partial charge is 0.417 e. The van der Waals surface area contributed by atoms with Gasteiger partial charge in [-0.2, -0.15) is 13.2 Å². The highest BCUT2D eigenvalue weighted by Gasteiger charge is 2.42. The fraction of sp³-hybridized carbons (Fsp3) is 0.429. The molecule has 1 heterocycles. The van der Waals surface area contributed by atoms with Gasteiger partial charge in [-0.1, -0.05) is 41.9 Å². The van der Waals surface area contributed by atoms with Gasteiger partial charge < -0.3 is 20.4 Å². The van der Waals surface area contributed by atoms with Crippen molar-refractivity contribution < 1.29 is 32.3 Å². The molecule has 2 aliphatic rings. The molecule has 2 aromatic carbocycles. The zero-order valence-corrected chi connectivity index (χ0v) is 22.6. The van der Waals surface area contributed by atoms with Gasteiger partial charge in [-0.25, -0.2) is 0 Å². The van der Waals surface area contributed by atoms with Crippen LogP contribution >= 0.6 is 11.6 Å². The van der Waals surface area contributed by atoms with Crippen molar-refractivity contribution in [3.63, 3.8) is 0 Å². The van der Waals surface area contributed by atoms with Crippen LogP contribution in [-0.4, -0.2) is 72.2 Å². The number of carbonyl (C=O) groups is 4. The molecule has 1 saturated carbocycles. The van der Waals surface area contributed by atoms with Gasteiger partial charge >= 0.3 is 6.18 Å². The van der Waals surface area contributed by atoms with E-state index in [4.69, 9.17) is 11.6 Å². The van der Waals surface area contributed by atoms with Gasteiger partial charge in [0.05, 0.1) is 17.1 Å². The van der Waals surface area contributed by atoms with Gasteiger partial charge in [-0.05, 0) is 43.0 Å². The second-order valence-electron chi connectivity index (χ2n) is 10.0. The molecule has 2 fully saturated rings. The highest BCUT2D eigenvalue weighted by atomic mass is 35.5. The first-order valence-corrected chi connectivity index (χ1v) is 13.4. The maximum atomic E-state index is 13.6. The first kappa shape index (κ1) is 29.4. The monoisotopic (exact) mass is 578 g/mol. The number of piperazine rings is 1. The lowest BCUT2D eigenvalue weighted by atomic mass is 9.98. The van der Waals surface area contributed by atoms with Gasteiger partial charge in [0.2, 0.25) is 17.7 Å². The zero-order chi connectivity index (χ0) is 29.0. The van der Waals surface area contributed by atoms with Gasteiger partial charge in [0.15, 0.2) is 0 Å². The molecular weight excluding hydrogens is 549 g/mol. The Morgan fingerprint density at radius 2 is 1.77 bits per heavy atom. The molecule has 0 bridgehead atoms. The smallest absolute Gasteiger partial charge is 0.358 e. The van der Waals surface area contributed by atoms with E-state index in [0.717, 1.165) is 11.6 Å². The topological polar surface area (TPSA) is 98.8 Å². The lowest BCUT2D eigenvalue weighted by Gasteiger charge is -2.41. The van der Waals surface area contributed by atoms with Crippen molar-refractivity contribution in [3.8, 4) is 0 Å². The maximum Gasteiger partial charge on any atom is 0.417 e. The number of alkyl halides is 3. The number of amides is 4. The minimum absolute atomic E-state index is 0.0963. The Bertz CT molecular complexity index is 1270. The first-order chi connectivity index (χ1) is 19.0. The highest BCUT2D eigenvalue weighted by Crippen LogP contribution is 2.35. The zero-order valence-electron chi connectivity index (χ0n) is 21.8. The number of nitrogens with zero attached hydrogens (tertiary/aromatic N) is 2. The number of carbonyl (C=O) groups excluding carboxylic acids is 4. The molecule has 4 amide bonds. The molecule has 8 nitrogen and oxygen atoms in total. The van der Waals surface area contributed by atoms with Crippen LogP contribution in [0.4, 0.5) is 13.2 Å². The molecule has 0 radical (unpaired) electrons. The Hall–Kier alpha value is -3.60. The lowest BCUT2D eigenvalue weighted by molar-refractivity contribution is -0.154. The minimum Gasteiger partial charge on any atom is -0.358 e. The van der Waals surface area contributed by atoms with Gasteiger partial charge in [-0.15, -0.1) is 0 Å². The minimum atomic E-state index is -4.70. The van der Waals surface area contributed by atoms with Crippen LogP contribution in [0.25, 0.3) is 0 Å². The Balaban J connectivity index is 1.44. The van der Waals surface area contributed by atoms with Crippen LogP contribution in [0.1, 0.15) is 40.7 Å². The van der Waals surface area contributed by atoms with Crippen molar-refractivity contribution in [3.05, 3.63) is 70.2 Å². The fourth-order valence-electron chi connectivity index (χ4n) is 5.27. The fourth-order valence-corrected chi connectivity index (χ4v) is 5.50. The Kier molecular flexibility index (Phi) is 9.02. The highest BCUT2D eigenvalue weighted by molar-refractivity contribution is 6.31. The molecule has 4 rings (SSSR count). The van der Waals surface area contributed by atoms with Crippen molar-refractivity contribution in [1.82, 2.24) is 20.4 Å². The molecule has 0 unspecified atom stereocenters. The molecule has 3 atom stereocenters. The van der Waals surface area contributed by atoms with E-state index in [-0.39, 0.29) is 42.9 Å². The molecule has 0 spiro atoms. The normalized spacial score (nSPS) is 21.3. The average molecular weight is 579 g/mol. The molecule has 12 heteroatoms. The van der Waals surface area contributed by atoms with Crippen molar-refractivity contribution in [2.24, 2.45) is 5.92 Å².